The number of halogens is 4. The minimum absolute atomic E-state index is 0.372. The Bertz CT molecular complexity index is 1320. The lowest BCUT2D eigenvalue weighted by Crippen LogP contribution is -2.49. The summed E-state index contributed by atoms with van der Waals surface area (Å²) in [5, 5.41) is 11.3. The average Bonchev–Trinajstić information content (AvgIpc) is 2.73. The second-order valence-corrected chi connectivity index (χ2v) is 8.52. The summed E-state index contributed by atoms with van der Waals surface area (Å²) in [6, 6.07) is 6.03. The quantitative estimate of drug-likeness (QED) is 0.502. The molecule has 2 N–H and O–H groups in total. The number of carboxylic acids is 1. The molecular weight excluding hydrogens is 468 g/mol. The number of para-hydroxylation sites is 1. The minimum atomic E-state index is -4.83. The average molecular weight is 490 g/mol. The van der Waals surface area contributed by atoms with Gasteiger partial charge in [0.2, 0.25) is 0 Å². The number of benzene rings is 2. The summed E-state index contributed by atoms with van der Waals surface area (Å²) in [5.74, 6) is -2.81. The van der Waals surface area contributed by atoms with Crippen molar-refractivity contribution >= 4 is 17.5 Å². The molecular formula is C24H22F4N4O3. The molecule has 1 saturated heterocycles. The van der Waals surface area contributed by atoms with Gasteiger partial charge in [-0.3, -0.25) is 19.1 Å². The fourth-order valence-corrected chi connectivity index (χ4v) is 4.14. The van der Waals surface area contributed by atoms with Crippen molar-refractivity contribution < 1.29 is 27.5 Å². The van der Waals surface area contributed by atoms with Gasteiger partial charge in [0, 0.05) is 37.7 Å². The molecule has 1 aliphatic rings. The third-order valence-electron chi connectivity index (χ3n) is 6.05. The van der Waals surface area contributed by atoms with Crippen molar-refractivity contribution in [2.75, 3.05) is 18.4 Å². The number of hydrogen-bond donors (Lipinski definition) is 2. The zero-order valence-corrected chi connectivity index (χ0v) is 18.9. The number of hydrogen-bond acceptors (Lipinski definition) is 5. The molecule has 0 unspecified atom stereocenters. The van der Waals surface area contributed by atoms with Gasteiger partial charge in [0.25, 0.3) is 5.56 Å². The summed E-state index contributed by atoms with van der Waals surface area (Å²) in [7, 11) is 0. The van der Waals surface area contributed by atoms with Crippen LogP contribution < -0.4 is 10.9 Å². The van der Waals surface area contributed by atoms with E-state index in [4.69, 9.17) is 5.11 Å². The molecule has 1 fully saturated rings. The van der Waals surface area contributed by atoms with E-state index in [0.717, 1.165) is 34.9 Å². The normalized spacial score (nSPS) is 14.6. The van der Waals surface area contributed by atoms with Gasteiger partial charge in [0.1, 0.15) is 5.82 Å². The van der Waals surface area contributed by atoms with Gasteiger partial charge in [0.05, 0.1) is 17.2 Å². The Balaban J connectivity index is 1.64. The predicted octanol–water partition coefficient (Wildman–Crippen LogP) is 4.27. The molecule has 7 nitrogen and oxygen atoms in total. The van der Waals surface area contributed by atoms with Crippen LogP contribution in [0.15, 0.2) is 47.5 Å². The molecule has 35 heavy (non-hydrogen) atoms. The van der Waals surface area contributed by atoms with Gasteiger partial charge in [-0.25, -0.2) is 9.37 Å². The maximum absolute atomic E-state index is 14.2. The molecule has 1 aliphatic heterocycles. The maximum Gasteiger partial charge on any atom is 0.418 e. The molecule has 4 rings (SSSR count). The van der Waals surface area contributed by atoms with Gasteiger partial charge in [-0.1, -0.05) is 6.07 Å². The van der Waals surface area contributed by atoms with Crippen LogP contribution in [-0.2, 0) is 17.5 Å². The Labute approximate surface area is 197 Å². The number of aliphatic carboxylic acids is 1. The Morgan fingerprint density at radius 2 is 1.86 bits per heavy atom. The third-order valence-corrected chi connectivity index (χ3v) is 6.05. The number of likely N-dealkylation sites (tertiary alicyclic amines) is 1. The van der Waals surface area contributed by atoms with Gasteiger partial charge in [-0.2, -0.15) is 13.2 Å². The van der Waals surface area contributed by atoms with Crippen molar-refractivity contribution in [2.24, 2.45) is 5.92 Å². The van der Waals surface area contributed by atoms with Crippen LogP contribution in [0, 0.1) is 25.6 Å². The molecule has 11 heteroatoms. The van der Waals surface area contributed by atoms with E-state index in [0.29, 0.717) is 25.3 Å². The lowest BCUT2D eigenvalue weighted by atomic mass is 9.96. The first-order valence-corrected chi connectivity index (χ1v) is 10.7. The second-order valence-electron chi connectivity index (χ2n) is 8.52. The molecule has 0 aliphatic carbocycles. The van der Waals surface area contributed by atoms with Crippen molar-refractivity contribution in [1.82, 2.24) is 14.5 Å². The number of nitrogens with one attached hydrogen (secondary N) is 1. The fraction of sp³-hybridized carbons (Fsp3) is 0.292. The molecule has 0 radical (unpaired) electrons. The topological polar surface area (TPSA) is 87.5 Å². The number of aromatic nitrogens is 2. The zero-order valence-electron chi connectivity index (χ0n) is 18.9. The summed E-state index contributed by atoms with van der Waals surface area (Å²) in [6.45, 7) is 5.21. The van der Waals surface area contributed by atoms with E-state index < -0.39 is 40.6 Å². The summed E-state index contributed by atoms with van der Waals surface area (Å²) in [6.07, 6.45) is -2.22. The molecule has 0 spiro atoms. The van der Waals surface area contributed by atoms with E-state index >= 15 is 0 Å². The summed E-state index contributed by atoms with van der Waals surface area (Å²) in [5.41, 5.74) is 0.328. The van der Waals surface area contributed by atoms with Crippen LogP contribution in [0.25, 0.3) is 5.69 Å². The number of aryl methyl sites for hydroxylation is 2. The van der Waals surface area contributed by atoms with Crippen LogP contribution >= 0.6 is 0 Å². The second kappa shape index (κ2) is 9.14. The van der Waals surface area contributed by atoms with Gasteiger partial charge >= 0.3 is 12.1 Å². The molecule has 2 heterocycles. The number of anilines is 2. The van der Waals surface area contributed by atoms with Gasteiger partial charge < -0.3 is 10.4 Å². The molecule has 0 amide bonds. The van der Waals surface area contributed by atoms with Crippen molar-refractivity contribution in [3.63, 3.8) is 0 Å². The van der Waals surface area contributed by atoms with Crippen molar-refractivity contribution in [1.29, 1.82) is 0 Å². The first kappa shape index (κ1) is 24.4. The summed E-state index contributed by atoms with van der Waals surface area (Å²) < 4.78 is 55.5. The van der Waals surface area contributed by atoms with Crippen molar-refractivity contribution in [2.45, 2.75) is 26.6 Å². The Morgan fingerprint density at radius 3 is 2.46 bits per heavy atom. The molecule has 0 bridgehead atoms. The van der Waals surface area contributed by atoms with E-state index in [9.17, 15) is 27.2 Å². The Kier molecular flexibility index (Phi) is 6.37. The molecule has 1 aromatic heterocycles. The lowest BCUT2D eigenvalue weighted by Gasteiger charge is -2.37. The SMILES string of the molecule is Cc1cc(-n2ccnc(Nc3c(F)cccc3C(F)(F)F)c2=O)cc(C)c1CN1CC(C(=O)O)C1. The number of carbonyl (C=O) groups is 1. The zero-order chi connectivity index (χ0) is 25.5. The largest absolute Gasteiger partial charge is 0.481 e. The molecule has 0 atom stereocenters. The maximum atomic E-state index is 14.2. The molecule has 3 aromatic rings. The fourth-order valence-electron chi connectivity index (χ4n) is 4.14. The summed E-state index contributed by atoms with van der Waals surface area (Å²) >= 11 is 0. The van der Waals surface area contributed by atoms with Crippen LogP contribution in [0.5, 0.6) is 0 Å². The first-order valence-electron chi connectivity index (χ1n) is 10.7. The number of nitrogens with zero attached hydrogens (tertiary/aromatic N) is 3. The highest BCUT2D eigenvalue weighted by Gasteiger charge is 2.35. The smallest absolute Gasteiger partial charge is 0.418 e. The van der Waals surface area contributed by atoms with Crippen molar-refractivity contribution in [3.8, 4) is 5.69 Å². The third kappa shape index (κ3) is 4.90. The highest BCUT2D eigenvalue weighted by molar-refractivity contribution is 5.71. The van der Waals surface area contributed by atoms with Crippen LogP contribution in [0.1, 0.15) is 22.3 Å². The van der Waals surface area contributed by atoms with Crippen LogP contribution in [-0.4, -0.2) is 38.6 Å². The van der Waals surface area contributed by atoms with E-state index in [1.54, 1.807) is 12.1 Å². The van der Waals surface area contributed by atoms with Gasteiger partial charge in [0.15, 0.2) is 5.82 Å². The van der Waals surface area contributed by atoms with E-state index in [2.05, 4.69) is 10.3 Å². The number of carboxylic acid groups (broad SMARTS) is 1. The van der Waals surface area contributed by atoms with Gasteiger partial charge in [-0.15, -0.1) is 0 Å². The predicted molar refractivity (Wildman–Crippen MR) is 120 cm³/mol. The minimum Gasteiger partial charge on any atom is -0.481 e. The van der Waals surface area contributed by atoms with Crippen LogP contribution in [0.4, 0.5) is 29.1 Å². The van der Waals surface area contributed by atoms with Crippen LogP contribution in [0.3, 0.4) is 0 Å². The Morgan fingerprint density at radius 1 is 1.20 bits per heavy atom. The van der Waals surface area contributed by atoms with E-state index in [-0.39, 0.29) is 5.92 Å². The lowest BCUT2D eigenvalue weighted by molar-refractivity contribution is -0.147. The highest BCUT2D eigenvalue weighted by Crippen LogP contribution is 2.37. The van der Waals surface area contributed by atoms with Gasteiger partial charge in [-0.05, 0) is 54.8 Å². The van der Waals surface area contributed by atoms with Crippen LogP contribution in [0.2, 0.25) is 0 Å². The number of alkyl halides is 3. The van der Waals surface area contributed by atoms with E-state index in [1.165, 1.54) is 17.0 Å². The first-order chi connectivity index (χ1) is 16.5. The number of rotatable bonds is 6. The molecule has 2 aromatic carbocycles. The molecule has 0 saturated carbocycles. The summed E-state index contributed by atoms with van der Waals surface area (Å²) in [4.78, 5) is 29.9. The standard InChI is InChI=1S/C24H22F4N4O3/c1-13-8-16(9-14(2)17(13)12-31-10-15(11-31)23(34)35)32-7-6-29-21(22(32)33)30-20-18(24(26,27)28)4-3-5-19(20)25/h3-9,15H,10-12H2,1-2H3,(H,29,30)(H,34,35). The highest BCUT2D eigenvalue weighted by atomic mass is 19.4. The van der Waals surface area contributed by atoms with E-state index in [1.807, 2.05) is 18.7 Å². The molecule has 184 valence electrons. The van der Waals surface area contributed by atoms with Crippen molar-refractivity contribution in [3.05, 3.63) is 81.2 Å². The monoisotopic (exact) mass is 490 g/mol. The Hall–Kier alpha value is -3.73.